The number of imidazole rings is 1. The van der Waals surface area contributed by atoms with E-state index in [4.69, 9.17) is 20.2 Å². The minimum absolute atomic E-state index is 0.0587. The number of nitrogens with two attached hydrogens (primary N) is 1. The average molecular weight is 823 g/mol. The van der Waals surface area contributed by atoms with Crippen LogP contribution < -0.4 is 36.0 Å². The minimum Gasteiger partial charge on any atom is -0.481 e. The van der Waals surface area contributed by atoms with Gasteiger partial charge in [-0.05, 0) is 35.4 Å². The van der Waals surface area contributed by atoms with E-state index in [9.17, 15) is 29.1 Å². The molecular formula is C41H43N8O9P. The lowest BCUT2D eigenvalue weighted by atomic mass is 10.0. The Balaban J connectivity index is 1.51. The Bertz CT molecular complexity index is 2220. The normalized spacial score (nSPS) is 13.0. The van der Waals surface area contributed by atoms with Gasteiger partial charge in [0, 0.05) is 37.2 Å². The summed E-state index contributed by atoms with van der Waals surface area (Å²) in [5.41, 5.74) is 7.34. The number of H-pyrrole nitrogens is 1. The highest BCUT2D eigenvalue weighted by atomic mass is 31.2. The molecule has 18 heteroatoms. The van der Waals surface area contributed by atoms with Crippen molar-refractivity contribution in [3.8, 4) is 11.5 Å². The van der Waals surface area contributed by atoms with E-state index in [2.05, 4.69) is 31.2 Å². The van der Waals surface area contributed by atoms with Gasteiger partial charge < -0.3 is 46.1 Å². The van der Waals surface area contributed by atoms with Crippen LogP contribution >= 0.6 is 7.60 Å². The maximum absolute atomic E-state index is 15.3. The number of carboxylic acid groups (broad SMARTS) is 1. The number of nitrogens with zero attached hydrogens (tertiary/aromatic N) is 1. The number of para-hydroxylation sites is 2. The molecule has 5 rings (SSSR count). The van der Waals surface area contributed by atoms with Crippen LogP contribution in [-0.4, -0.2) is 68.6 Å². The average Bonchev–Trinajstić information content (AvgIpc) is 3.73. The Morgan fingerprint density at radius 2 is 1.24 bits per heavy atom. The van der Waals surface area contributed by atoms with Crippen molar-refractivity contribution in [3.05, 3.63) is 150 Å². The fraction of sp³-hybridized carbons (Fsp3) is 0.195. The summed E-state index contributed by atoms with van der Waals surface area (Å²) in [5.74, 6) is -6.27. The molecule has 0 aliphatic carbocycles. The molecule has 0 aliphatic heterocycles. The largest absolute Gasteiger partial charge is 0.481 e. The summed E-state index contributed by atoms with van der Waals surface area (Å²) < 4.78 is 27.5. The molecule has 5 aromatic rings. The highest BCUT2D eigenvalue weighted by Gasteiger charge is 2.43. The van der Waals surface area contributed by atoms with E-state index in [0.29, 0.717) is 16.8 Å². The number of aliphatic carboxylic acids is 1. The summed E-state index contributed by atoms with van der Waals surface area (Å²) in [4.78, 5) is 72.9. The van der Waals surface area contributed by atoms with Crippen molar-refractivity contribution in [3.63, 3.8) is 0 Å². The molecule has 0 spiro atoms. The topological polar surface area (TPSA) is 268 Å². The zero-order valence-corrected chi connectivity index (χ0v) is 32.6. The van der Waals surface area contributed by atoms with E-state index < -0.39 is 67.5 Å². The van der Waals surface area contributed by atoms with Crippen molar-refractivity contribution in [2.45, 2.75) is 50.1 Å². The third-order valence-corrected chi connectivity index (χ3v) is 10.7. The summed E-state index contributed by atoms with van der Waals surface area (Å²) in [5, 5.41) is 27.9. The van der Waals surface area contributed by atoms with Crippen molar-refractivity contribution in [1.82, 2.24) is 31.2 Å². The van der Waals surface area contributed by atoms with Crippen LogP contribution in [-0.2, 0) is 41.4 Å². The Kier molecular flexibility index (Phi) is 14.7. The van der Waals surface area contributed by atoms with Crippen molar-refractivity contribution < 1.29 is 42.7 Å². The summed E-state index contributed by atoms with van der Waals surface area (Å²) in [6.45, 7) is 1.20. The van der Waals surface area contributed by atoms with Crippen molar-refractivity contribution in [1.29, 1.82) is 5.41 Å². The Hall–Kier alpha value is -7.26. The molecule has 1 heterocycles. The van der Waals surface area contributed by atoms with Gasteiger partial charge in [0.05, 0.1) is 12.7 Å². The van der Waals surface area contributed by atoms with Crippen LogP contribution in [0.25, 0.3) is 0 Å². The number of amidine groups is 1. The molecular weight excluding hydrogens is 779 g/mol. The molecule has 1 aromatic heterocycles. The molecule has 0 aliphatic rings. The number of carbonyl (C=O) groups is 5. The molecule has 306 valence electrons. The molecule has 4 atom stereocenters. The molecule has 0 bridgehead atoms. The van der Waals surface area contributed by atoms with Gasteiger partial charge in [0.2, 0.25) is 23.6 Å². The van der Waals surface area contributed by atoms with Crippen LogP contribution in [0.1, 0.15) is 41.5 Å². The number of aromatic amines is 1. The zero-order chi connectivity index (χ0) is 42.4. The van der Waals surface area contributed by atoms with Crippen LogP contribution in [0.2, 0.25) is 0 Å². The quantitative estimate of drug-likeness (QED) is 0.0319. The SMILES string of the molecule is CC(=O)NC(Cc1cnc[nH]1)C(=O)NC(CC(=O)O)C(=O)NC(Cc1ccccc1)C(=O)NC(c1ccc(C(=N)N)cc1)P(=O)(Oc1ccccc1)Oc1ccccc1. The summed E-state index contributed by atoms with van der Waals surface area (Å²) in [6.07, 6.45) is 1.74. The maximum atomic E-state index is 15.3. The molecule has 9 N–H and O–H groups in total. The number of hydrogen-bond acceptors (Lipinski definition) is 10. The van der Waals surface area contributed by atoms with E-state index in [1.807, 2.05) is 0 Å². The first-order chi connectivity index (χ1) is 28.3. The lowest BCUT2D eigenvalue weighted by Crippen LogP contribution is -2.58. The second kappa shape index (κ2) is 20.2. The van der Waals surface area contributed by atoms with E-state index >= 15 is 4.57 Å². The standard InChI is InChI=1S/C41H43N8O9P/c1-26(50)46-34(22-30-24-44-25-45-30)38(53)48-35(23-36(51)52)39(54)47-33(21-27-11-5-2-6-12-27)40(55)49-41(29-19-17-28(18-20-29)37(42)43)59(56,57-31-13-7-3-8-14-31)58-32-15-9-4-10-16-32/h2-20,24-25,33-35,41H,21-23H2,1H3,(H3,42,43)(H,44,45)(H,46,50)(H,47,54)(H,48,53)(H,49,55)(H,51,52). The molecule has 0 fully saturated rings. The summed E-state index contributed by atoms with van der Waals surface area (Å²) in [6, 6.07) is 26.5. The predicted octanol–water partition coefficient (Wildman–Crippen LogP) is 3.59. The van der Waals surface area contributed by atoms with E-state index in [0.717, 1.165) is 0 Å². The summed E-state index contributed by atoms with van der Waals surface area (Å²) in [7, 11) is -4.55. The Morgan fingerprint density at radius 3 is 1.75 bits per heavy atom. The van der Waals surface area contributed by atoms with E-state index in [1.54, 1.807) is 91.0 Å². The van der Waals surface area contributed by atoms with Gasteiger partial charge in [-0.2, -0.15) is 0 Å². The number of aromatic nitrogens is 2. The number of benzene rings is 4. The van der Waals surface area contributed by atoms with Gasteiger partial charge in [0.15, 0.2) is 5.78 Å². The molecule has 4 aromatic carbocycles. The fourth-order valence-corrected chi connectivity index (χ4v) is 7.77. The maximum Gasteiger partial charge on any atom is 0.457 e. The van der Waals surface area contributed by atoms with Gasteiger partial charge in [0.25, 0.3) is 0 Å². The highest BCUT2D eigenvalue weighted by Crippen LogP contribution is 2.59. The highest BCUT2D eigenvalue weighted by molar-refractivity contribution is 7.55. The van der Waals surface area contributed by atoms with Crippen LogP contribution in [0, 0.1) is 5.41 Å². The molecule has 0 saturated carbocycles. The lowest BCUT2D eigenvalue weighted by molar-refractivity contribution is -0.141. The zero-order valence-electron chi connectivity index (χ0n) is 31.7. The monoisotopic (exact) mass is 822 g/mol. The minimum atomic E-state index is -4.55. The van der Waals surface area contributed by atoms with Gasteiger partial charge >= 0.3 is 13.6 Å². The predicted molar refractivity (Wildman–Crippen MR) is 216 cm³/mol. The second-order valence-electron chi connectivity index (χ2n) is 13.2. The first kappa shape index (κ1) is 42.9. The van der Waals surface area contributed by atoms with Crippen LogP contribution in [0.4, 0.5) is 0 Å². The smallest absolute Gasteiger partial charge is 0.457 e. The molecule has 17 nitrogen and oxygen atoms in total. The second-order valence-corrected chi connectivity index (χ2v) is 15.2. The van der Waals surface area contributed by atoms with E-state index in [-0.39, 0.29) is 35.7 Å². The third-order valence-electron chi connectivity index (χ3n) is 8.68. The van der Waals surface area contributed by atoms with Crippen molar-refractivity contribution in [2.24, 2.45) is 5.73 Å². The third kappa shape index (κ3) is 12.6. The first-order valence-corrected chi connectivity index (χ1v) is 19.9. The van der Waals surface area contributed by atoms with Gasteiger partial charge in [-0.1, -0.05) is 91.0 Å². The number of amides is 4. The van der Waals surface area contributed by atoms with Gasteiger partial charge in [0.1, 0.15) is 35.5 Å². The first-order valence-electron chi connectivity index (χ1n) is 18.2. The molecule has 4 amide bonds. The Labute approximate surface area is 339 Å². The number of nitrogens with one attached hydrogen (secondary N) is 6. The van der Waals surface area contributed by atoms with Gasteiger partial charge in [-0.3, -0.25) is 29.4 Å². The Morgan fingerprint density at radius 1 is 0.729 bits per heavy atom. The molecule has 4 unspecified atom stereocenters. The molecule has 59 heavy (non-hydrogen) atoms. The van der Waals surface area contributed by atoms with Gasteiger partial charge in [-0.25, -0.2) is 9.55 Å². The fourth-order valence-electron chi connectivity index (χ4n) is 5.86. The molecule has 0 radical (unpaired) electrons. The van der Waals surface area contributed by atoms with Crippen LogP contribution in [0.3, 0.4) is 0 Å². The van der Waals surface area contributed by atoms with Gasteiger partial charge in [-0.15, -0.1) is 0 Å². The molecule has 0 saturated heterocycles. The number of nitrogen functional groups attached to an aromatic ring is 1. The number of rotatable bonds is 20. The van der Waals surface area contributed by atoms with Crippen LogP contribution in [0.5, 0.6) is 11.5 Å². The van der Waals surface area contributed by atoms with Crippen molar-refractivity contribution >= 4 is 43.0 Å². The van der Waals surface area contributed by atoms with E-state index in [1.165, 1.54) is 43.7 Å². The summed E-state index contributed by atoms with van der Waals surface area (Å²) >= 11 is 0. The number of carboxylic acids is 1. The number of carbonyl (C=O) groups excluding carboxylic acids is 4. The number of hydrogen-bond donors (Lipinski definition) is 8. The van der Waals surface area contributed by atoms with Crippen LogP contribution in [0.15, 0.2) is 128 Å². The van der Waals surface area contributed by atoms with Crippen molar-refractivity contribution in [2.75, 3.05) is 0 Å². The lowest BCUT2D eigenvalue weighted by Gasteiger charge is -2.30.